The molecule has 0 spiro atoms. The molecule has 2 saturated heterocycles. The molecule has 34 heavy (non-hydrogen) atoms. The van der Waals surface area contributed by atoms with Gasteiger partial charge in [-0.2, -0.15) is 5.10 Å². The molecular formula is C27H32ClN5O. The van der Waals surface area contributed by atoms with E-state index < -0.39 is 0 Å². The van der Waals surface area contributed by atoms with Crippen molar-refractivity contribution in [2.24, 2.45) is 0 Å². The van der Waals surface area contributed by atoms with E-state index in [0.717, 1.165) is 81.2 Å². The maximum absolute atomic E-state index is 13.7. The topological polar surface area (TPSA) is 53.4 Å². The van der Waals surface area contributed by atoms with E-state index in [0.29, 0.717) is 10.9 Å². The number of piperazine rings is 1. The molecule has 0 saturated carbocycles. The van der Waals surface area contributed by atoms with Crippen LogP contribution >= 0.6 is 11.6 Å². The van der Waals surface area contributed by atoms with Gasteiger partial charge in [-0.25, -0.2) is 4.68 Å². The van der Waals surface area contributed by atoms with Crippen LogP contribution in [0.1, 0.15) is 45.9 Å². The second-order valence-corrected chi connectivity index (χ2v) is 9.72. The largest absolute Gasteiger partial charge is 0.336 e. The van der Waals surface area contributed by atoms with E-state index in [2.05, 4.69) is 34.5 Å². The second kappa shape index (κ2) is 10.3. The van der Waals surface area contributed by atoms with E-state index in [4.69, 9.17) is 16.7 Å². The molecule has 178 valence electrons. The van der Waals surface area contributed by atoms with Gasteiger partial charge in [-0.15, -0.1) is 0 Å². The lowest BCUT2D eigenvalue weighted by Gasteiger charge is -2.35. The molecule has 3 aromatic rings. The quantitative estimate of drug-likeness (QED) is 0.596. The van der Waals surface area contributed by atoms with Crippen LogP contribution in [0.4, 0.5) is 0 Å². The summed E-state index contributed by atoms with van der Waals surface area (Å²) in [6.07, 6.45) is 3.77. The number of piperidine rings is 1. The fourth-order valence-electron chi connectivity index (χ4n) is 5.15. The summed E-state index contributed by atoms with van der Waals surface area (Å²) < 4.78 is 1.97. The summed E-state index contributed by atoms with van der Waals surface area (Å²) >= 11 is 6.43. The number of amides is 1. The number of hydrogen-bond acceptors (Lipinski definition) is 4. The molecule has 1 amide bonds. The first-order valence-electron chi connectivity index (χ1n) is 12.2. The molecule has 2 fully saturated rings. The van der Waals surface area contributed by atoms with Crippen LogP contribution in [0.15, 0.2) is 54.7 Å². The fourth-order valence-corrected chi connectivity index (χ4v) is 5.32. The third-order valence-electron chi connectivity index (χ3n) is 7.14. The molecule has 2 aliphatic heterocycles. The van der Waals surface area contributed by atoms with Gasteiger partial charge < -0.3 is 10.2 Å². The fraction of sp³-hybridized carbons (Fsp3) is 0.407. The SMILES string of the molecule is Cc1c(Cl)cccc1-n1ncc(C(=O)N2CCN(Cc3ccccc3)CC2)c1C1CCNCC1. The van der Waals surface area contributed by atoms with E-state index in [1.165, 1.54) is 5.56 Å². The molecule has 3 heterocycles. The highest BCUT2D eigenvalue weighted by Gasteiger charge is 2.31. The average molecular weight is 478 g/mol. The molecule has 2 aromatic carbocycles. The molecule has 1 aromatic heterocycles. The lowest BCUT2D eigenvalue weighted by Crippen LogP contribution is -2.48. The first-order valence-corrected chi connectivity index (χ1v) is 12.6. The third-order valence-corrected chi connectivity index (χ3v) is 7.55. The molecule has 0 atom stereocenters. The molecule has 0 bridgehead atoms. The Morgan fingerprint density at radius 2 is 1.76 bits per heavy atom. The van der Waals surface area contributed by atoms with Gasteiger partial charge in [0.1, 0.15) is 0 Å². The monoisotopic (exact) mass is 477 g/mol. The average Bonchev–Trinajstić information content (AvgIpc) is 3.32. The normalized spacial score (nSPS) is 17.8. The number of carbonyl (C=O) groups excluding carboxylic acids is 1. The van der Waals surface area contributed by atoms with Gasteiger partial charge in [0.05, 0.1) is 23.1 Å². The third kappa shape index (κ3) is 4.76. The van der Waals surface area contributed by atoms with Crippen LogP contribution in [-0.4, -0.2) is 64.8 Å². The minimum absolute atomic E-state index is 0.0961. The number of aromatic nitrogens is 2. The standard InChI is InChI=1S/C27H32ClN5O/c1-20-24(28)8-5-9-25(20)33-26(22-10-12-29-13-11-22)23(18-30-33)27(34)32-16-14-31(15-17-32)19-21-6-3-2-4-7-21/h2-9,18,22,29H,10-17,19H2,1H3. The van der Waals surface area contributed by atoms with Crippen LogP contribution < -0.4 is 5.32 Å². The van der Waals surface area contributed by atoms with Crippen LogP contribution in [0.2, 0.25) is 5.02 Å². The Bertz CT molecular complexity index is 1130. The van der Waals surface area contributed by atoms with Gasteiger partial charge >= 0.3 is 0 Å². The van der Waals surface area contributed by atoms with Crippen LogP contribution in [0.3, 0.4) is 0 Å². The van der Waals surface area contributed by atoms with Crippen LogP contribution in [0.5, 0.6) is 0 Å². The van der Waals surface area contributed by atoms with Crippen molar-refractivity contribution < 1.29 is 4.79 Å². The van der Waals surface area contributed by atoms with Crippen molar-refractivity contribution in [1.29, 1.82) is 0 Å². The minimum atomic E-state index is 0.0961. The molecule has 5 rings (SSSR count). The van der Waals surface area contributed by atoms with Gasteiger partial charge in [0.15, 0.2) is 0 Å². The molecule has 1 N–H and O–H groups in total. The van der Waals surface area contributed by atoms with Crippen molar-refractivity contribution in [3.05, 3.63) is 82.1 Å². The zero-order valence-electron chi connectivity index (χ0n) is 19.7. The summed E-state index contributed by atoms with van der Waals surface area (Å²) in [7, 11) is 0. The van der Waals surface area contributed by atoms with Gasteiger partial charge in [0.25, 0.3) is 5.91 Å². The first kappa shape index (κ1) is 23.1. The van der Waals surface area contributed by atoms with Gasteiger partial charge in [-0.05, 0) is 56.1 Å². The highest BCUT2D eigenvalue weighted by atomic mass is 35.5. The van der Waals surface area contributed by atoms with E-state index in [9.17, 15) is 4.79 Å². The Balaban J connectivity index is 1.38. The molecule has 2 aliphatic rings. The minimum Gasteiger partial charge on any atom is -0.336 e. The lowest BCUT2D eigenvalue weighted by molar-refractivity contribution is 0.0626. The van der Waals surface area contributed by atoms with Gasteiger partial charge in [0, 0.05) is 43.7 Å². The van der Waals surface area contributed by atoms with E-state index >= 15 is 0 Å². The van der Waals surface area contributed by atoms with Crippen molar-refractivity contribution in [3.8, 4) is 5.69 Å². The zero-order chi connectivity index (χ0) is 23.5. The lowest BCUT2D eigenvalue weighted by atomic mass is 9.91. The number of benzene rings is 2. The van der Waals surface area contributed by atoms with Crippen LogP contribution in [-0.2, 0) is 6.54 Å². The summed E-state index contributed by atoms with van der Waals surface area (Å²) in [6.45, 7) is 8.08. The summed E-state index contributed by atoms with van der Waals surface area (Å²) in [5, 5.41) is 8.89. The summed E-state index contributed by atoms with van der Waals surface area (Å²) in [4.78, 5) is 18.2. The molecular weight excluding hydrogens is 446 g/mol. The van der Waals surface area contributed by atoms with E-state index in [-0.39, 0.29) is 5.91 Å². The molecule has 6 nitrogen and oxygen atoms in total. The number of hydrogen-bond donors (Lipinski definition) is 1. The van der Waals surface area contributed by atoms with Gasteiger partial charge in [-0.3, -0.25) is 9.69 Å². The van der Waals surface area contributed by atoms with Crippen LogP contribution in [0, 0.1) is 6.92 Å². The maximum atomic E-state index is 13.7. The van der Waals surface area contributed by atoms with E-state index in [1.54, 1.807) is 6.20 Å². The predicted molar refractivity (Wildman–Crippen MR) is 136 cm³/mol. The first-order chi connectivity index (χ1) is 16.6. The zero-order valence-corrected chi connectivity index (χ0v) is 20.5. The number of halogens is 1. The van der Waals surface area contributed by atoms with Crippen molar-refractivity contribution in [3.63, 3.8) is 0 Å². The summed E-state index contributed by atoms with van der Waals surface area (Å²) in [6, 6.07) is 16.4. The smallest absolute Gasteiger partial charge is 0.257 e. The van der Waals surface area contributed by atoms with Crippen molar-refractivity contribution in [1.82, 2.24) is 24.9 Å². The van der Waals surface area contributed by atoms with Crippen molar-refractivity contribution in [2.45, 2.75) is 32.2 Å². The number of nitrogens with one attached hydrogen (secondary N) is 1. The second-order valence-electron chi connectivity index (χ2n) is 9.32. The summed E-state index contributed by atoms with van der Waals surface area (Å²) in [5.74, 6) is 0.388. The Labute approximate surface area is 206 Å². The highest BCUT2D eigenvalue weighted by Crippen LogP contribution is 2.33. The Morgan fingerprint density at radius 1 is 1.03 bits per heavy atom. The summed E-state index contributed by atoms with van der Waals surface area (Å²) in [5.41, 5.74) is 5.02. The van der Waals surface area contributed by atoms with Gasteiger partial charge in [0.2, 0.25) is 0 Å². The number of carbonyl (C=O) groups is 1. The van der Waals surface area contributed by atoms with Crippen molar-refractivity contribution >= 4 is 17.5 Å². The Hall–Kier alpha value is -2.67. The van der Waals surface area contributed by atoms with E-state index in [1.807, 2.05) is 40.8 Å². The Morgan fingerprint density at radius 3 is 2.50 bits per heavy atom. The number of rotatable bonds is 5. The molecule has 0 radical (unpaired) electrons. The highest BCUT2D eigenvalue weighted by molar-refractivity contribution is 6.31. The predicted octanol–water partition coefficient (Wildman–Crippen LogP) is 4.26. The van der Waals surface area contributed by atoms with Crippen molar-refractivity contribution in [2.75, 3.05) is 39.3 Å². The number of nitrogens with zero attached hydrogens (tertiary/aromatic N) is 4. The molecule has 7 heteroatoms. The molecule has 0 aliphatic carbocycles. The molecule has 0 unspecified atom stereocenters. The Kier molecular flexibility index (Phi) is 6.99. The van der Waals surface area contributed by atoms with Gasteiger partial charge in [-0.1, -0.05) is 48.0 Å². The maximum Gasteiger partial charge on any atom is 0.257 e. The van der Waals surface area contributed by atoms with Crippen LogP contribution in [0.25, 0.3) is 5.69 Å².